The molecule has 0 saturated carbocycles. The Hall–Kier alpha value is -1.63. The van der Waals surface area contributed by atoms with Gasteiger partial charge in [-0.2, -0.15) is 0 Å². The third-order valence-corrected chi connectivity index (χ3v) is 3.92. The molecule has 0 bridgehead atoms. The molecule has 1 unspecified atom stereocenters. The number of amides is 2. The second kappa shape index (κ2) is 4.56. The molecular weight excluding hydrogens is 254 g/mol. The van der Waals surface area contributed by atoms with E-state index in [1.165, 1.54) is 11.3 Å². The Bertz CT molecular complexity index is 462. The molecule has 18 heavy (non-hydrogen) atoms. The van der Waals surface area contributed by atoms with Crippen LogP contribution < -0.4 is 0 Å². The largest absolute Gasteiger partial charge is 0.448 e. The third-order valence-electron chi connectivity index (χ3n) is 3.34. The molecule has 3 heterocycles. The Morgan fingerprint density at radius 2 is 2.39 bits per heavy atom. The number of nitrogens with zero attached hydrogens (tertiary/aromatic N) is 3. The van der Waals surface area contributed by atoms with Gasteiger partial charge in [0, 0.05) is 18.5 Å². The molecule has 3 rings (SSSR count). The molecule has 0 N–H and O–H groups in total. The maximum atomic E-state index is 12.1. The zero-order chi connectivity index (χ0) is 12.5. The van der Waals surface area contributed by atoms with E-state index < -0.39 is 0 Å². The fraction of sp³-hybridized carbons (Fsp3) is 0.545. The lowest BCUT2D eigenvalue weighted by Crippen LogP contribution is -2.39. The van der Waals surface area contributed by atoms with Crippen LogP contribution in [0.4, 0.5) is 4.79 Å². The van der Waals surface area contributed by atoms with Crippen LogP contribution in [-0.2, 0) is 4.74 Å². The van der Waals surface area contributed by atoms with Gasteiger partial charge < -0.3 is 9.64 Å². The van der Waals surface area contributed by atoms with Crippen LogP contribution in [0.2, 0.25) is 0 Å². The van der Waals surface area contributed by atoms with Crippen molar-refractivity contribution in [1.29, 1.82) is 0 Å². The molecule has 2 aliphatic rings. The van der Waals surface area contributed by atoms with Gasteiger partial charge in [0.25, 0.3) is 5.91 Å². The van der Waals surface area contributed by atoms with Crippen molar-refractivity contribution in [3.63, 3.8) is 0 Å². The molecule has 0 radical (unpaired) electrons. The lowest BCUT2D eigenvalue weighted by atomic mass is 10.2. The van der Waals surface area contributed by atoms with Crippen LogP contribution in [0.1, 0.15) is 16.9 Å². The molecule has 0 spiro atoms. The highest BCUT2D eigenvalue weighted by atomic mass is 32.1. The number of carbonyl (C=O) groups excluding carboxylic acids is 2. The van der Waals surface area contributed by atoms with E-state index in [4.69, 9.17) is 4.74 Å². The second-order valence-corrected chi connectivity index (χ2v) is 5.09. The van der Waals surface area contributed by atoms with Crippen LogP contribution in [0, 0.1) is 0 Å². The Morgan fingerprint density at radius 3 is 3.06 bits per heavy atom. The van der Waals surface area contributed by atoms with Gasteiger partial charge in [-0.1, -0.05) is 0 Å². The molecule has 96 valence electrons. The zero-order valence-corrected chi connectivity index (χ0v) is 10.6. The van der Waals surface area contributed by atoms with Crippen molar-refractivity contribution >= 4 is 23.3 Å². The van der Waals surface area contributed by atoms with Crippen molar-refractivity contribution in [3.8, 4) is 0 Å². The first-order chi connectivity index (χ1) is 8.75. The highest BCUT2D eigenvalue weighted by molar-refractivity contribution is 7.07. The molecule has 6 nitrogen and oxygen atoms in total. The number of likely N-dealkylation sites (tertiary alicyclic amines) is 1. The molecule has 2 saturated heterocycles. The summed E-state index contributed by atoms with van der Waals surface area (Å²) in [5.74, 6) is -0.0497. The van der Waals surface area contributed by atoms with Crippen LogP contribution in [-0.4, -0.2) is 59.1 Å². The molecule has 2 aliphatic heterocycles. The quantitative estimate of drug-likeness (QED) is 0.795. The summed E-state index contributed by atoms with van der Waals surface area (Å²) < 4.78 is 4.92. The van der Waals surface area contributed by atoms with Crippen molar-refractivity contribution < 1.29 is 14.3 Å². The minimum Gasteiger partial charge on any atom is -0.448 e. The van der Waals surface area contributed by atoms with Gasteiger partial charge in [-0.3, -0.25) is 9.69 Å². The van der Waals surface area contributed by atoms with E-state index in [0.29, 0.717) is 31.9 Å². The SMILES string of the molecule is O=C(c1cscn1)N1CCC(N2CCOC2=O)C1. The summed E-state index contributed by atoms with van der Waals surface area (Å²) in [6, 6.07) is 0.0857. The Kier molecular flexibility index (Phi) is 2.91. The number of hydrogen-bond donors (Lipinski definition) is 0. The van der Waals surface area contributed by atoms with Crippen molar-refractivity contribution in [1.82, 2.24) is 14.8 Å². The van der Waals surface area contributed by atoms with Crippen molar-refractivity contribution in [2.45, 2.75) is 12.5 Å². The predicted molar refractivity (Wildman–Crippen MR) is 64.5 cm³/mol. The minimum atomic E-state index is -0.261. The summed E-state index contributed by atoms with van der Waals surface area (Å²) in [6.07, 6.45) is 0.549. The van der Waals surface area contributed by atoms with E-state index >= 15 is 0 Å². The fourth-order valence-corrected chi connectivity index (χ4v) is 2.92. The normalized spacial score (nSPS) is 23.6. The molecule has 2 amide bonds. The summed E-state index contributed by atoms with van der Waals surface area (Å²) in [5, 5.41) is 1.75. The van der Waals surface area contributed by atoms with E-state index in [1.54, 1.807) is 20.7 Å². The van der Waals surface area contributed by atoms with Crippen LogP contribution in [0.25, 0.3) is 0 Å². The monoisotopic (exact) mass is 267 g/mol. The number of cyclic esters (lactones) is 1. The minimum absolute atomic E-state index is 0.0497. The molecule has 2 fully saturated rings. The van der Waals surface area contributed by atoms with E-state index in [2.05, 4.69) is 4.98 Å². The third kappa shape index (κ3) is 1.94. The highest BCUT2D eigenvalue weighted by Gasteiger charge is 2.36. The molecule has 1 atom stereocenters. The zero-order valence-electron chi connectivity index (χ0n) is 9.74. The average Bonchev–Trinajstić information content (AvgIpc) is 3.09. The van der Waals surface area contributed by atoms with Crippen LogP contribution in [0.15, 0.2) is 10.9 Å². The summed E-state index contributed by atoms with van der Waals surface area (Å²) in [6.45, 7) is 2.33. The standard InChI is InChI=1S/C11H13N3O3S/c15-10(9-6-18-7-12-9)13-2-1-8(5-13)14-3-4-17-11(14)16/h6-8H,1-5H2. The highest BCUT2D eigenvalue weighted by Crippen LogP contribution is 2.20. The van der Waals surface area contributed by atoms with Gasteiger partial charge in [0.1, 0.15) is 12.3 Å². The van der Waals surface area contributed by atoms with Gasteiger partial charge in [0.05, 0.1) is 18.1 Å². The summed E-state index contributed by atoms with van der Waals surface area (Å²) in [4.78, 5) is 31.0. The topological polar surface area (TPSA) is 62.7 Å². The molecule has 7 heteroatoms. The Labute approximate surface area is 108 Å². The van der Waals surface area contributed by atoms with E-state index in [1.807, 2.05) is 0 Å². The van der Waals surface area contributed by atoms with Gasteiger partial charge in [0.2, 0.25) is 0 Å². The predicted octanol–water partition coefficient (Wildman–Crippen LogP) is 0.810. The summed E-state index contributed by atoms with van der Waals surface area (Å²) in [5.41, 5.74) is 2.14. The summed E-state index contributed by atoms with van der Waals surface area (Å²) >= 11 is 1.41. The Morgan fingerprint density at radius 1 is 1.50 bits per heavy atom. The molecule has 1 aromatic rings. The second-order valence-electron chi connectivity index (χ2n) is 4.38. The van der Waals surface area contributed by atoms with E-state index in [-0.39, 0.29) is 18.0 Å². The fourth-order valence-electron chi connectivity index (χ4n) is 2.40. The van der Waals surface area contributed by atoms with Crippen LogP contribution in [0.5, 0.6) is 0 Å². The van der Waals surface area contributed by atoms with Gasteiger partial charge >= 0.3 is 6.09 Å². The number of thiazole rings is 1. The maximum absolute atomic E-state index is 12.1. The van der Waals surface area contributed by atoms with Crippen molar-refractivity contribution in [3.05, 3.63) is 16.6 Å². The molecule has 0 aromatic carbocycles. The van der Waals surface area contributed by atoms with Crippen LogP contribution in [0.3, 0.4) is 0 Å². The maximum Gasteiger partial charge on any atom is 0.410 e. The molecular formula is C11H13N3O3S. The van der Waals surface area contributed by atoms with Gasteiger partial charge in [0.15, 0.2) is 0 Å². The van der Waals surface area contributed by atoms with Gasteiger partial charge in [-0.15, -0.1) is 11.3 Å². The van der Waals surface area contributed by atoms with Crippen LogP contribution >= 0.6 is 11.3 Å². The van der Waals surface area contributed by atoms with Crippen molar-refractivity contribution in [2.75, 3.05) is 26.2 Å². The van der Waals surface area contributed by atoms with E-state index in [9.17, 15) is 9.59 Å². The number of aromatic nitrogens is 1. The first-order valence-electron chi connectivity index (χ1n) is 5.86. The summed E-state index contributed by atoms with van der Waals surface area (Å²) in [7, 11) is 0. The van der Waals surface area contributed by atoms with Gasteiger partial charge in [-0.05, 0) is 6.42 Å². The number of carbonyl (C=O) groups is 2. The molecule has 1 aromatic heterocycles. The average molecular weight is 267 g/mol. The lowest BCUT2D eigenvalue weighted by Gasteiger charge is -2.21. The number of ether oxygens (including phenoxy) is 1. The lowest BCUT2D eigenvalue weighted by molar-refractivity contribution is 0.0775. The first kappa shape index (κ1) is 11.5. The molecule has 0 aliphatic carbocycles. The Balaban J connectivity index is 1.65. The van der Waals surface area contributed by atoms with Crippen molar-refractivity contribution in [2.24, 2.45) is 0 Å². The number of hydrogen-bond acceptors (Lipinski definition) is 5. The smallest absolute Gasteiger partial charge is 0.410 e. The first-order valence-corrected chi connectivity index (χ1v) is 6.81. The van der Waals surface area contributed by atoms with E-state index in [0.717, 1.165) is 6.42 Å². The van der Waals surface area contributed by atoms with Gasteiger partial charge in [-0.25, -0.2) is 9.78 Å². The number of rotatable bonds is 2.